The number of imidazole rings is 1. The number of hydrogen-bond donors (Lipinski definition) is 1. The van der Waals surface area contributed by atoms with Gasteiger partial charge in [-0.25, -0.2) is 4.98 Å². The molecule has 0 saturated heterocycles. The van der Waals surface area contributed by atoms with Crippen molar-refractivity contribution in [3.8, 4) is 0 Å². The standard InChI is InChI=1S/C18H22N2O/c21-17(16-3-1-2-15-10-19-11-20(15)16)18-7-12-4-13(8-18)6-14(5-12)9-18/h1-3,10-14,17,21H,4-9H2. The lowest BCUT2D eigenvalue weighted by Crippen LogP contribution is -2.49. The topological polar surface area (TPSA) is 37.5 Å². The average Bonchev–Trinajstić information content (AvgIpc) is 2.93. The molecule has 3 heteroatoms. The summed E-state index contributed by atoms with van der Waals surface area (Å²) in [4.78, 5) is 4.24. The van der Waals surface area contributed by atoms with Gasteiger partial charge in [-0.2, -0.15) is 0 Å². The van der Waals surface area contributed by atoms with E-state index < -0.39 is 0 Å². The van der Waals surface area contributed by atoms with Crippen LogP contribution in [0.25, 0.3) is 5.52 Å². The first-order valence-corrected chi connectivity index (χ1v) is 8.32. The van der Waals surface area contributed by atoms with Crippen LogP contribution in [-0.2, 0) is 0 Å². The maximum atomic E-state index is 11.3. The van der Waals surface area contributed by atoms with Gasteiger partial charge in [-0.3, -0.25) is 0 Å². The molecular weight excluding hydrogens is 260 g/mol. The Morgan fingerprint density at radius 3 is 2.43 bits per heavy atom. The number of fused-ring (bicyclic) bond motifs is 1. The van der Waals surface area contributed by atoms with E-state index in [0.29, 0.717) is 0 Å². The van der Waals surface area contributed by atoms with E-state index in [9.17, 15) is 5.11 Å². The van der Waals surface area contributed by atoms with E-state index in [4.69, 9.17) is 0 Å². The Hall–Kier alpha value is -1.35. The molecule has 6 rings (SSSR count). The van der Waals surface area contributed by atoms with Gasteiger partial charge < -0.3 is 9.51 Å². The van der Waals surface area contributed by atoms with Crippen LogP contribution in [0.4, 0.5) is 0 Å². The Morgan fingerprint density at radius 1 is 1.10 bits per heavy atom. The first kappa shape index (κ1) is 12.2. The fourth-order valence-electron chi connectivity index (χ4n) is 6.02. The van der Waals surface area contributed by atoms with Gasteiger partial charge in [-0.15, -0.1) is 0 Å². The van der Waals surface area contributed by atoms with Crippen LogP contribution >= 0.6 is 0 Å². The monoisotopic (exact) mass is 282 g/mol. The number of nitrogens with zero attached hydrogens (tertiary/aromatic N) is 2. The predicted octanol–water partition coefficient (Wildman–Crippen LogP) is 3.58. The van der Waals surface area contributed by atoms with Crippen LogP contribution in [0.1, 0.15) is 50.3 Å². The smallest absolute Gasteiger partial charge is 0.1000 e. The highest BCUT2D eigenvalue weighted by molar-refractivity contribution is 5.46. The quantitative estimate of drug-likeness (QED) is 0.914. The fraction of sp³-hybridized carbons (Fsp3) is 0.611. The summed E-state index contributed by atoms with van der Waals surface area (Å²) in [6.07, 6.45) is 11.3. The number of rotatable bonds is 2. The summed E-state index contributed by atoms with van der Waals surface area (Å²) in [6.45, 7) is 0. The van der Waals surface area contributed by atoms with Crippen molar-refractivity contribution in [1.29, 1.82) is 0 Å². The van der Waals surface area contributed by atoms with Gasteiger partial charge in [0, 0.05) is 5.41 Å². The average molecular weight is 282 g/mol. The molecule has 4 aliphatic rings. The van der Waals surface area contributed by atoms with Crippen molar-refractivity contribution in [2.75, 3.05) is 0 Å². The first-order valence-electron chi connectivity index (χ1n) is 8.32. The van der Waals surface area contributed by atoms with Crippen molar-refractivity contribution >= 4 is 5.52 Å². The third kappa shape index (κ3) is 1.67. The summed E-state index contributed by atoms with van der Waals surface area (Å²) >= 11 is 0. The SMILES string of the molecule is OC(c1cccc2cncn12)C12CC3CC(CC(C3)C1)C2. The Balaban J connectivity index is 1.59. The molecule has 4 fully saturated rings. The third-order valence-electron chi connectivity index (χ3n) is 6.43. The zero-order valence-electron chi connectivity index (χ0n) is 12.3. The molecule has 21 heavy (non-hydrogen) atoms. The molecule has 1 N–H and O–H groups in total. The molecule has 1 unspecified atom stereocenters. The summed E-state index contributed by atoms with van der Waals surface area (Å²) in [5, 5.41) is 11.3. The van der Waals surface area contributed by atoms with Crippen LogP contribution in [0.2, 0.25) is 0 Å². The lowest BCUT2D eigenvalue weighted by molar-refractivity contribution is -0.123. The minimum absolute atomic E-state index is 0.132. The minimum Gasteiger partial charge on any atom is -0.386 e. The lowest BCUT2D eigenvalue weighted by Gasteiger charge is -2.58. The Bertz CT molecular complexity index is 654. The summed E-state index contributed by atoms with van der Waals surface area (Å²) in [6, 6.07) is 6.19. The number of aromatic nitrogens is 2. The lowest BCUT2D eigenvalue weighted by atomic mass is 9.48. The normalized spacial score (nSPS) is 39.0. The number of aliphatic hydroxyl groups is 1. The van der Waals surface area contributed by atoms with Crippen LogP contribution in [0, 0.1) is 23.2 Å². The van der Waals surface area contributed by atoms with Gasteiger partial charge in [0.1, 0.15) is 0 Å². The van der Waals surface area contributed by atoms with E-state index in [1.807, 2.05) is 12.5 Å². The van der Waals surface area contributed by atoms with Gasteiger partial charge in [0.15, 0.2) is 0 Å². The molecule has 110 valence electrons. The zero-order chi connectivity index (χ0) is 14.0. The Morgan fingerprint density at radius 2 is 1.76 bits per heavy atom. The molecule has 1 atom stereocenters. The highest BCUT2D eigenvalue weighted by Gasteiger charge is 2.54. The van der Waals surface area contributed by atoms with Crippen molar-refractivity contribution in [3.63, 3.8) is 0 Å². The van der Waals surface area contributed by atoms with E-state index in [-0.39, 0.29) is 11.5 Å². The van der Waals surface area contributed by atoms with Gasteiger partial charge in [0.05, 0.1) is 29.8 Å². The van der Waals surface area contributed by atoms with Crippen molar-refractivity contribution in [2.45, 2.75) is 44.6 Å². The van der Waals surface area contributed by atoms with Crippen LogP contribution in [0.3, 0.4) is 0 Å². The van der Waals surface area contributed by atoms with Crippen molar-refractivity contribution < 1.29 is 5.11 Å². The molecular formula is C18H22N2O. The molecule has 0 aromatic carbocycles. The highest BCUT2D eigenvalue weighted by Crippen LogP contribution is 2.63. The molecule has 0 spiro atoms. The van der Waals surface area contributed by atoms with Crippen LogP contribution in [0.5, 0.6) is 0 Å². The summed E-state index contributed by atoms with van der Waals surface area (Å²) in [7, 11) is 0. The summed E-state index contributed by atoms with van der Waals surface area (Å²) in [5.41, 5.74) is 2.25. The summed E-state index contributed by atoms with van der Waals surface area (Å²) < 4.78 is 2.07. The van der Waals surface area contributed by atoms with E-state index in [1.165, 1.54) is 38.5 Å². The molecule has 2 heterocycles. The number of pyridine rings is 1. The fourth-order valence-corrected chi connectivity index (χ4v) is 6.02. The second-order valence-electron chi connectivity index (χ2n) is 7.82. The van der Waals surface area contributed by atoms with Gasteiger partial charge in [0.25, 0.3) is 0 Å². The molecule has 4 aliphatic carbocycles. The maximum absolute atomic E-state index is 11.3. The summed E-state index contributed by atoms with van der Waals surface area (Å²) in [5.74, 6) is 2.61. The molecule has 0 radical (unpaired) electrons. The van der Waals surface area contributed by atoms with E-state index in [0.717, 1.165) is 29.0 Å². The van der Waals surface area contributed by atoms with Gasteiger partial charge in [0.2, 0.25) is 0 Å². The van der Waals surface area contributed by atoms with Gasteiger partial charge in [-0.1, -0.05) is 6.07 Å². The minimum atomic E-state index is -0.344. The molecule has 2 aromatic rings. The molecule has 2 aromatic heterocycles. The molecule has 4 saturated carbocycles. The maximum Gasteiger partial charge on any atom is 0.1000 e. The number of aliphatic hydroxyl groups excluding tert-OH is 1. The molecule has 3 nitrogen and oxygen atoms in total. The predicted molar refractivity (Wildman–Crippen MR) is 80.8 cm³/mol. The molecule has 4 bridgehead atoms. The molecule has 0 aliphatic heterocycles. The van der Waals surface area contributed by atoms with Crippen LogP contribution < -0.4 is 0 Å². The second kappa shape index (κ2) is 4.10. The van der Waals surface area contributed by atoms with Gasteiger partial charge in [-0.05, 0) is 68.4 Å². The number of hydrogen-bond acceptors (Lipinski definition) is 2. The highest BCUT2D eigenvalue weighted by atomic mass is 16.3. The van der Waals surface area contributed by atoms with Crippen molar-refractivity contribution in [2.24, 2.45) is 23.2 Å². The van der Waals surface area contributed by atoms with E-state index in [1.54, 1.807) is 0 Å². The van der Waals surface area contributed by atoms with Crippen molar-refractivity contribution in [1.82, 2.24) is 9.38 Å². The second-order valence-corrected chi connectivity index (χ2v) is 7.82. The zero-order valence-corrected chi connectivity index (χ0v) is 12.3. The van der Waals surface area contributed by atoms with Gasteiger partial charge >= 0.3 is 0 Å². The van der Waals surface area contributed by atoms with Crippen LogP contribution in [0.15, 0.2) is 30.7 Å². The molecule has 0 amide bonds. The van der Waals surface area contributed by atoms with Crippen molar-refractivity contribution in [3.05, 3.63) is 36.4 Å². The third-order valence-corrected chi connectivity index (χ3v) is 6.43. The Kier molecular flexibility index (Phi) is 2.38. The largest absolute Gasteiger partial charge is 0.386 e. The Labute approximate surface area is 125 Å². The first-order chi connectivity index (χ1) is 10.2. The van der Waals surface area contributed by atoms with E-state index in [2.05, 4.69) is 27.6 Å². The van der Waals surface area contributed by atoms with E-state index >= 15 is 0 Å². The van der Waals surface area contributed by atoms with Crippen LogP contribution in [-0.4, -0.2) is 14.5 Å².